The van der Waals surface area contributed by atoms with Gasteiger partial charge in [-0.25, -0.2) is 9.67 Å². The number of rotatable bonds is 4. The summed E-state index contributed by atoms with van der Waals surface area (Å²) in [6, 6.07) is 0. The first-order valence-corrected chi connectivity index (χ1v) is 5.43. The van der Waals surface area contributed by atoms with Crippen molar-refractivity contribution in [3.8, 4) is 0 Å². The van der Waals surface area contributed by atoms with E-state index in [4.69, 9.17) is 0 Å². The molecule has 0 aliphatic carbocycles. The zero-order valence-corrected chi connectivity index (χ0v) is 9.92. The fourth-order valence-electron chi connectivity index (χ4n) is 1.55. The number of halogens is 3. The number of imidazole rings is 1. The van der Waals surface area contributed by atoms with Gasteiger partial charge in [0, 0.05) is 18.9 Å². The molecule has 0 aromatic carbocycles. The molecule has 0 saturated heterocycles. The number of hydrogen-bond donors (Lipinski definition) is 0. The average Bonchev–Trinajstić information content (AvgIpc) is 2.96. The summed E-state index contributed by atoms with van der Waals surface area (Å²) in [4.78, 5) is 15.0. The number of Topliss-reactive ketones (excluding diaryl/α,β-unsaturated/α-hetero) is 1. The molecule has 0 amide bonds. The molecule has 2 aromatic rings. The maximum Gasteiger partial charge on any atom is 0.456 e. The van der Waals surface area contributed by atoms with Gasteiger partial charge in [0.1, 0.15) is 12.4 Å². The number of aryl methyl sites for hydroxylation is 1. The molecule has 0 atom stereocenters. The fourth-order valence-corrected chi connectivity index (χ4v) is 1.55. The highest BCUT2D eigenvalue weighted by Gasteiger charge is 2.41. The Bertz CT molecular complexity index is 586. The fraction of sp³-hybridized carbons (Fsp3) is 0.400. The van der Waals surface area contributed by atoms with E-state index >= 15 is 0 Å². The quantitative estimate of drug-likeness (QED) is 0.787. The molecule has 0 aliphatic rings. The molecule has 0 unspecified atom stereocenters. The van der Waals surface area contributed by atoms with E-state index < -0.39 is 17.7 Å². The zero-order chi connectivity index (χ0) is 14.0. The SMILES string of the molecule is CCn1ccnc1Cn1cc(C(=O)C(F)(F)F)nn1. The summed E-state index contributed by atoms with van der Waals surface area (Å²) in [6.45, 7) is 2.74. The van der Waals surface area contributed by atoms with Crippen LogP contribution >= 0.6 is 0 Å². The highest BCUT2D eigenvalue weighted by atomic mass is 19.4. The lowest BCUT2D eigenvalue weighted by molar-refractivity contribution is -0.0888. The largest absolute Gasteiger partial charge is 0.456 e. The van der Waals surface area contributed by atoms with Crippen molar-refractivity contribution in [3.63, 3.8) is 0 Å². The Balaban J connectivity index is 2.16. The highest BCUT2D eigenvalue weighted by molar-refractivity contribution is 5.98. The minimum atomic E-state index is -4.94. The van der Waals surface area contributed by atoms with Gasteiger partial charge in [-0.05, 0) is 6.92 Å². The van der Waals surface area contributed by atoms with Crippen LogP contribution in [-0.2, 0) is 13.1 Å². The molecule has 2 aromatic heterocycles. The maximum absolute atomic E-state index is 12.2. The smallest absolute Gasteiger partial charge is 0.334 e. The summed E-state index contributed by atoms with van der Waals surface area (Å²) in [5.41, 5.74) is -0.720. The molecule has 2 rings (SSSR count). The summed E-state index contributed by atoms with van der Waals surface area (Å²) in [5.74, 6) is -1.38. The number of nitrogens with zero attached hydrogens (tertiary/aromatic N) is 5. The maximum atomic E-state index is 12.2. The van der Waals surface area contributed by atoms with Crippen molar-refractivity contribution in [2.24, 2.45) is 0 Å². The predicted octanol–water partition coefficient (Wildman–Crippen LogP) is 1.29. The van der Waals surface area contributed by atoms with Crippen molar-refractivity contribution in [1.29, 1.82) is 0 Å². The van der Waals surface area contributed by atoms with Gasteiger partial charge in [-0.2, -0.15) is 13.2 Å². The third-order valence-electron chi connectivity index (χ3n) is 2.47. The molecule has 0 fully saturated rings. The molecule has 0 saturated carbocycles. The van der Waals surface area contributed by atoms with Gasteiger partial charge in [0.25, 0.3) is 5.78 Å². The minimum Gasteiger partial charge on any atom is -0.334 e. The lowest BCUT2D eigenvalue weighted by Crippen LogP contribution is -2.23. The Kier molecular flexibility index (Phi) is 3.36. The summed E-state index contributed by atoms with van der Waals surface area (Å²) >= 11 is 0. The van der Waals surface area contributed by atoms with Crippen LogP contribution < -0.4 is 0 Å². The van der Waals surface area contributed by atoms with Crippen LogP contribution in [0, 0.1) is 0 Å². The molecule has 0 bridgehead atoms. The van der Waals surface area contributed by atoms with Crippen molar-refractivity contribution >= 4 is 5.78 Å². The molecule has 0 aliphatic heterocycles. The molecule has 0 N–H and O–H groups in total. The molecular weight excluding hydrogens is 263 g/mol. The number of ketones is 1. The van der Waals surface area contributed by atoms with Gasteiger partial charge < -0.3 is 4.57 Å². The van der Waals surface area contributed by atoms with Gasteiger partial charge >= 0.3 is 6.18 Å². The first-order valence-electron chi connectivity index (χ1n) is 5.43. The molecule has 102 valence electrons. The van der Waals surface area contributed by atoms with E-state index in [9.17, 15) is 18.0 Å². The third kappa shape index (κ3) is 2.80. The van der Waals surface area contributed by atoms with Crippen LogP contribution in [0.1, 0.15) is 23.2 Å². The van der Waals surface area contributed by atoms with Crippen molar-refractivity contribution in [2.45, 2.75) is 26.2 Å². The molecule has 19 heavy (non-hydrogen) atoms. The van der Waals surface area contributed by atoms with Gasteiger partial charge in [-0.1, -0.05) is 5.21 Å². The summed E-state index contributed by atoms with van der Waals surface area (Å²) < 4.78 is 39.6. The number of alkyl halides is 3. The first-order chi connectivity index (χ1) is 8.91. The highest BCUT2D eigenvalue weighted by Crippen LogP contribution is 2.19. The van der Waals surface area contributed by atoms with E-state index in [-0.39, 0.29) is 6.54 Å². The van der Waals surface area contributed by atoms with Crippen LogP contribution in [0.4, 0.5) is 13.2 Å². The summed E-state index contributed by atoms with van der Waals surface area (Å²) in [6.07, 6.45) is -0.654. The van der Waals surface area contributed by atoms with E-state index in [0.717, 1.165) is 10.9 Å². The van der Waals surface area contributed by atoms with Crippen LogP contribution in [0.3, 0.4) is 0 Å². The van der Waals surface area contributed by atoms with Gasteiger partial charge in [-0.3, -0.25) is 4.79 Å². The number of aromatic nitrogens is 5. The number of carbonyl (C=O) groups is 1. The second-order valence-electron chi connectivity index (χ2n) is 3.76. The van der Waals surface area contributed by atoms with E-state index in [1.54, 1.807) is 12.4 Å². The van der Waals surface area contributed by atoms with Crippen LogP contribution in [0.25, 0.3) is 0 Å². The topological polar surface area (TPSA) is 65.6 Å². The standard InChI is InChI=1S/C10H10F3N5O/c1-2-17-4-3-14-8(17)6-18-5-7(15-16-18)9(19)10(11,12)13/h3-5H,2,6H2,1H3. The van der Waals surface area contributed by atoms with Crippen molar-refractivity contribution in [3.05, 3.63) is 30.1 Å². The number of hydrogen-bond acceptors (Lipinski definition) is 4. The molecule has 0 spiro atoms. The Morgan fingerprint density at radius 1 is 1.42 bits per heavy atom. The molecule has 2 heterocycles. The van der Waals surface area contributed by atoms with Crippen molar-refractivity contribution in [1.82, 2.24) is 24.5 Å². The Morgan fingerprint density at radius 3 is 2.79 bits per heavy atom. The van der Waals surface area contributed by atoms with Gasteiger partial charge in [0.2, 0.25) is 0 Å². The second kappa shape index (κ2) is 4.82. The zero-order valence-electron chi connectivity index (χ0n) is 9.92. The normalized spacial score (nSPS) is 11.8. The minimum absolute atomic E-state index is 0.152. The monoisotopic (exact) mass is 273 g/mol. The summed E-state index contributed by atoms with van der Waals surface area (Å²) in [5, 5.41) is 6.72. The van der Waals surface area contributed by atoms with E-state index in [1.807, 2.05) is 11.5 Å². The molecular formula is C10H10F3N5O. The lowest BCUT2D eigenvalue weighted by atomic mass is 10.3. The van der Waals surface area contributed by atoms with Crippen LogP contribution in [0.15, 0.2) is 18.6 Å². The van der Waals surface area contributed by atoms with E-state index in [1.165, 1.54) is 0 Å². The van der Waals surface area contributed by atoms with Crippen LogP contribution in [0.5, 0.6) is 0 Å². The van der Waals surface area contributed by atoms with Gasteiger partial charge in [-0.15, -0.1) is 5.10 Å². The Hall–Kier alpha value is -2.19. The van der Waals surface area contributed by atoms with E-state index in [2.05, 4.69) is 15.3 Å². The van der Waals surface area contributed by atoms with Gasteiger partial charge in [0.05, 0.1) is 6.20 Å². The van der Waals surface area contributed by atoms with Crippen LogP contribution in [0.2, 0.25) is 0 Å². The molecule has 9 heteroatoms. The van der Waals surface area contributed by atoms with Gasteiger partial charge in [0.15, 0.2) is 5.69 Å². The second-order valence-corrected chi connectivity index (χ2v) is 3.76. The molecule has 0 radical (unpaired) electrons. The van der Waals surface area contributed by atoms with Crippen molar-refractivity contribution < 1.29 is 18.0 Å². The Morgan fingerprint density at radius 2 is 2.16 bits per heavy atom. The number of carbonyl (C=O) groups excluding carboxylic acids is 1. The van der Waals surface area contributed by atoms with E-state index in [0.29, 0.717) is 12.4 Å². The first kappa shape index (κ1) is 13.2. The summed E-state index contributed by atoms with van der Waals surface area (Å²) in [7, 11) is 0. The lowest BCUT2D eigenvalue weighted by Gasteiger charge is -2.03. The third-order valence-corrected chi connectivity index (χ3v) is 2.47. The molecule has 6 nitrogen and oxygen atoms in total. The Labute approximate surface area is 105 Å². The average molecular weight is 273 g/mol. The predicted molar refractivity (Wildman–Crippen MR) is 57.4 cm³/mol. The van der Waals surface area contributed by atoms with Crippen LogP contribution in [-0.4, -0.2) is 36.5 Å². The van der Waals surface area contributed by atoms with Crippen molar-refractivity contribution in [2.75, 3.05) is 0 Å².